The Morgan fingerprint density at radius 3 is 2.18 bits per heavy atom. The molecule has 1 saturated carbocycles. The van der Waals surface area contributed by atoms with Crippen molar-refractivity contribution >= 4 is 35.2 Å². The van der Waals surface area contributed by atoms with E-state index < -0.39 is 113 Å². The lowest BCUT2D eigenvalue weighted by Gasteiger charge is -2.43. The third-order valence-corrected chi connectivity index (χ3v) is 16.7. The van der Waals surface area contributed by atoms with Crippen LogP contribution in [0.15, 0.2) is 47.6 Å². The molecule has 17 nitrogen and oxygen atoms in total. The van der Waals surface area contributed by atoms with Crippen molar-refractivity contribution in [3.63, 3.8) is 0 Å². The summed E-state index contributed by atoms with van der Waals surface area (Å²) in [6.45, 7) is 18.3. The Morgan fingerprint density at radius 1 is 0.829 bits per heavy atom. The van der Waals surface area contributed by atoms with Crippen molar-refractivity contribution in [2.24, 2.45) is 40.9 Å². The molecule has 15 unspecified atom stereocenters. The van der Waals surface area contributed by atoms with Crippen LogP contribution in [0, 0.1) is 40.9 Å². The van der Waals surface area contributed by atoms with Crippen LogP contribution in [0.2, 0.25) is 0 Å². The van der Waals surface area contributed by atoms with E-state index in [-0.39, 0.29) is 56.0 Å². The van der Waals surface area contributed by atoms with Gasteiger partial charge >= 0.3 is 11.9 Å². The Morgan fingerprint density at radius 2 is 1.53 bits per heavy atom. The van der Waals surface area contributed by atoms with Crippen LogP contribution in [0.25, 0.3) is 0 Å². The van der Waals surface area contributed by atoms with Crippen LogP contribution in [0.3, 0.4) is 0 Å². The number of piperidine rings is 1. The zero-order valence-electron chi connectivity index (χ0n) is 47.7. The van der Waals surface area contributed by atoms with Gasteiger partial charge in [0.2, 0.25) is 5.79 Å². The average molecular weight is 1070 g/mol. The van der Waals surface area contributed by atoms with E-state index in [1.54, 1.807) is 61.8 Å². The number of aliphatic hydroxyl groups is 2. The molecule has 17 heteroatoms. The first-order valence-electron chi connectivity index (χ1n) is 27.8. The molecule has 5 aliphatic rings. The third kappa shape index (κ3) is 16.1. The van der Waals surface area contributed by atoms with Crippen LogP contribution < -0.4 is 0 Å². The van der Waals surface area contributed by atoms with Crippen molar-refractivity contribution in [2.45, 2.75) is 207 Å². The fourth-order valence-corrected chi connectivity index (χ4v) is 11.4. The van der Waals surface area contributed by atoms with Gasteiger partial charge in [-0.3, -0.25) is 24.0 Å². The number of carbonyl (C=O) groups excluding carboxylic acids is 6. The number of nitrogens with zero attached hydrogens (tertiary/aromatic N) is 1. The number of aliphatic hydroxyl groups excluding tert-OH is 1. The number of ether oxygens (including phenoxy) is 8. The van der Waals surface area contributed by atoms with Crippen molar-refractivity contribution in [2.75, 3.05) is 41.1 Å². The van der Waals surface area contributed by atoms with Gasteiger partial charge in [-0.1, -0.05) is 71.1 Å². The van der Waals surface area contributed by atoms with Crippen LogP contribution in [0.1, 0.15) is 146 Å². The third-order valence-electron chi connectivity index (χ3n) is 16.7. The molecular formula is C59H91NO16. The first-order valence-corrected chi connectivity index (χ1v) is 27.8. The van der Waals surface area contributed by atoms with E-state index in [2.05, 4.69) is 0 Å². The van der Waals surface area contributed by atoms with Crippen molar-refractivity contribution < 1.29 is 76.9 Å². The Kier molecular flexibility index (Phi) is 23.0. The predicted octanol–water partition coefficient (Wildman–Crippen LogP) is 7.52. The standard InChI is InChI=1S/C59H91NO16/c1-35-19-15-14-16-20-36(2)47(69-11)31-43-24-22-41(7)59(68,76-43)53(64)54(65)60-26-18-17-21-44(60)55(66)74-48(32-45(61)37(3)28-40(6)51(63)52(71-13)50(62)39(5)27-35)38(4)29-42-23-25-46(49(30-42)70-12)75-56(67)58(10)33-72-57(8,9)73-34-58/h14-16,19-20,28,35,37-39,41-44,46-49,51-52,63,68H,17-18,21-27,29-34H2,1-13H3/b16-14+,19-15+,36-20+,40-28+. The first kappa shape index (κ1) is 62.9. The van der Waals surface area contributed by atoms with E-state index in [0.29, 0.717) is 69.8 Å². The molecule has 1 aliphatic carbocycles. The lowest BCUT2D eigenvalue weighted by molar-refractivity contribution is -0.283. The highest BCUT2D eigenvalue weighted by atomic mass is 16.7. The van der Waals surface area contributed by atoms with Gasteiger partial charge in [0.25, 0.3) is 11.7 Å². The number of allylic oxidation sites excluding steroid dienone is 6. The first-order chi connectivity index (χ1) is 35.8. The summed E-state index contributed by atoms with van der Waals surface area (Å²) in [6, 6.07) is -1.18. The van der Waals surface area contributed by atoms with E-state index in [4.69, 9.17) is 37.9 Å². The SMILES string of the molecule is COC1CC2CCC(C)C(O)(O2)C(=O)C(=O)N2CCCCC2C(=O)OC(C(C)CC2CCC(OC(=O)C3(C)COC(C)(C)OC3)C(OC)C2)CC(=O)C(C)/C=C(\C)C(O)C(OC)C(=O)C(C)CC(C)/C=C/C=C/C=C/1C. The quantitative estimate of drug-likeness (QED) is 0.136. The molecule has 0 spiro atoms. The number of amides is 1. The van der Waals surface area contributed by atoms with Gasteiger partial charge in [0.1, 0.15) is 41.7 Å². The molecule has 0 radical (unpaired) electrons. The second-order valence-electron chi connectivity index (χ2n) is 23.5. The van der Waals surface area contributed by atoms with Crippen LogP contribution >= 0.6 is 0 Å². The van der Waals surface area contributed by atoms with Gasteiger partial charge in [0, 0.05) is 58.5 Å². The molecule has 4 aliphatic heterocycles. The van der Waals surface area contributed by atoms with E-state index in [9.17, 15) is 39.0 Å². The summed E-state index contributed by atoms with van der Waals surface area (Å²) in [4.78, 5) is 86.3. The second-order valence-corrected chi connectivity index (χ2v) is 23.5. The molecule has 0 aromatic rings. The molecule has 15 atom stereocenters. The lowest BCUT2D eigenvalue weighted by Crippen LogP contribution is -2.61. The van der Waals surface area contributed by atoms with E-state index in [0.717, 1.165) is 5.57 Å². The zero-order chi connectivity index (χ0) is 56.3. The highest BCUT2D eigenvalue weighted by Gasteiger charge is 2.53. The zero-order valence-corrected chi connectivity index (χ0v) is 47.7. The Labute approximate surface area is 451 Å². The fraction of sp³-hybridized carbons (Fsp3) is 0.763. The topological polar surface area (TPSA) is 220 Å². The minimum absolute atomic E-state index is 0.000496. The van der Waals surface area contributed by atoms with Crippen molar-refractivity contribution in [1.82, 2.24) is 4.90 Å². The molecule has 2 bridgehead atoms. The molecule has 0 aromatic carbocycles. The highest BCUT2D eigenvalue weighted by molar-refractivity contribution is 6.39. The van der Waals surface area contributed by atoms with Crippen LogP contribution in [-0.2, 0) is 66.7 Å². The number of fused-ring (bicyclic) bond motifs is 3. The number of carbonyl (C=O) groups is 6. The number of hydrogen-bond donors (Lipinski definition) is 2. The van der Waals surface area contributed by atoms with Gasteiger partial charge < -0.3 is 53.0 Å². The number of cyclic esters (lactones) is 1. The molecule has 76 heavy (non-hydrogen) atoms. The molecule has 5 rings (SSSR count). The number of esters is 2. The van der Waals surface area contributed by atoms with Gasteiger partial charge in [0.15, 0.2) is 11.6 Å². The molecule has 428 valence electrons. The van der Waals surface area contributed by atoms with Crippen LogP contribution in [0.4, 0.5) is 0 Å². The monoisotopic (exact) mass is 1070 g/mol. The number of Topliss-reactive ketones (excluding diaryl/α,β-unsaturated/α-hetero) is 3. The van der Waals surface area contributed by atoms with Gasteiger partial charge in [0.05, 0.1) is 31.5 Å². The second kappa shape index (κ2) is 27.8. The number of methoxy groups -OCH3 is 3. The van der Waals surface area contributed by atoms with Gasteiger partial charge in [-0.15, -0.1) is 0 Å². The maximum absolute atomic E-state index is 14.6. The lowest BCUT2D eigenvalue weighted by atomic mass is 9.78. The van der Waals surface area contributed by atoms with Crippen molar-refractivity contribution in [3.8, 4) is 0 Å². The molecular weight excluding hydrogens is 979 g/mol. The van der Waals surface area contributed by atoms with Gasteiger partial charge in [-0.2, -0.15) is 0 Å². The molecule has 0 aromatic heterocycles. The van der Waals surface area contributed by atoms with E-state index >= 15 is 0 Å². The molecule has 4 heterocycles. The molecule has 2 N–H and O–H groups in total. The summed E-state index contributed by atoms with van der Waals surface area (Å²) < 4.78 is 47.6. The van der Waals surface area contributed by atoms with Crippen LogP contribution in [0.5, 0.6) is 0 Å². The largest absolute Gasteiger partial charge is 0.460 e. The summed E-state index contributed by atoms with van der Waals surface area (Å²) in [6.07, 6.45) is 10.5. The molecule has 3 saturated heterocycles. The van der Waals surface area contributed by atoms with Gasteiger partial charge in [-0.25, -0.2) is 4.79 Å². The summed E-state index contributed by atoms with van der Waals surface area (Å²) in [5.41, 5.74) is 0.243. The number of hydrogen-bond acceptors (Lipinski definition) is 16. The number of ketones is 3. The smallest absolute Gasteiger partial charge is 0.329 e. The van der Waals surface area contributed by atoms with Crippen molar-refractivity contribution in [1.29, 1.82) is 0 Å². The Balaban J connectivity index is 1.43. The minimum atomic E-state index is -2.46. The summed E-state index contributed by atoms with van der Waals surface area (Å²) in [5.74, 6) is -9.63. The van der Waals surface area contributed by atoms with E-state index in [1.807, 2.05) is 58.1 Å². The number of rotatable bonds is 8. The van der Waals surface area contributed by atoms with Crippen LogP contribution in [-0.4, -0.2) is 152 Å². The maximum Gasteiger partial charge on any atom is 0.329 e. The van der Waals surface area contributed by atoms with Gasteiger partial charge in [-0.05, 0) is 128 Å². The normalized spacial score (nSPS) is 38.8. The average Bonchev–Trinajstić information content (AvgIpc) is 3.39. The van der Waals surface area contributed by atoms with E-state index in [1.165, 1.54) is 12.0 Å². The molecule has 1 amide bonds. The molecule has 4 fully saturated rings. The predicted molar refractivity (Wildman–Crippen MR) is 283 cm³/mol. The summed E-state index contributed by atoms with van der Waals surface area (Å²) in [5, 5.41) is 23.6. The fourth-order valence-electron chi connectivity index (χ4n) is 11.4. The van der Waals surface area contributed by atoms with Crippen molar-refractivity contribution in [3.05, 3.63) is 47.6 Å². The summed E-state index contributed by atoms with van der Waals surface area (Å²) in [7, 11) is 4.52. The summed E-state index contributed by atoms with van der Waals surface area (Å²) >= 11 is 0. The maximum atomic E-state index is 14.6. The Bertz CT molecular complexity index is 2140. The minimum Gasteiger partial charge on any atom is -0.460 e. The Hall–Kier alpha value is -3.94. The highest BCUT2D eigenvalue weighted by Crippen LogP contribution is 2.39.